The number of nitrogens with zero attached hydrogens (tertiary/aromatic N) is 3. The second kappa shape index (κ2) is 11.2. The molecule has 1 saturated heterocycles. The number of anilines is 1. The van der Waals surface area contributed by atoms with Gasteiger partial charge in [0.2, 0.25) is 0 Å². The molecule has 1 aromatic carbocycles. The Hall–Kier alpha value is -2.12. The Morgan fingerprint density at radius 2 is 1.83 bits per heavy atom. The van der Waals surface area contributed by atoms with E-state index in [1.54, 1.807) is 31.4 Å². The normalized spacial score (nSPS) is 19.3. The zero-order valence-electron chi connectivity index (χ0n) is 17.5. The molecule has 0 aromatic heterocycles. The van der Waals surface area contributed by atoms with Crippen molar-refractivity contribution in [1.82, 2.24) is 9.80 Å². The van der Waals surface area contributed by atoms with E-state index in [-0.39, 0.29) is 5.56 Å². The van der Waals surface area contributed by atoms with Crippen LogP contribution in [-0.4, -0.2) is 79.3 Å². The number of hydrogen-bond acceptors (Lipinski definition) is 4. The summed E-state index contributed by atoms with van der Waals surface area (Å²) in [5, 5.41) is 12.5. The minimum absolute atomic E-state index is 0.287. The van der Waals surface area contributed by atoms with Crippen LogP contribution in [0.5, 0.6) is 0 Å². The lowest BCUT2D eigenvalue weighted by molar-refractivity contribution is 0.0697. The predicted molar refractivity (Wildman–Crippen MR) is 116 cm³/mol. The van der Waals surface area contributed by atoms with Gasteiger partial charge in [-0.3, -0.25) is 9.89 Å². The first-order valence-corrected chi connectivity index (χ1v) is 10.8. The van der Waals surface area contributed by atoms with Crippen molar-refractivity contribution in [1.29, 1.82) is 0 Å². The molecule has 0 bridgehead atoms. The van der Waals surface area contributed by atoms with Crippen LogP contribution in [0, 0.1) is 0 Å². The van der Waals surface area contributed by atoms with Crippen molar-refractivity contribution in [2.45, 2.75) is 44.6 Å². The van der Waals surface area contributed by atoms with Gasteiger partial charge in [0.1, 0.15) is 0 Å². The third-order valence-corrected chi connectivity index (χ3v) is 5.86. The molecule has 1 heterocycles. The fourth-order valence-electron chi connectivity index (χ4n) is 4.18. The lowest BCUT2D eigenvalue weighted by Crippen LogP contribution is -2.53. The van der Waals surface area contributed by atoms with Gasteiger partial charge in [0.15, 0.2) is 5.96 Å². The number of benzene rings is 1. The number of carbonyl (C=O) groups is 1. The molecule has 2 aliphatic rings. The first kappa shape index (κ1) is 21.6. The van der Waals surface area contributed by atoms with Crippen LogP contribution in [0.15, 0.2) is 29.3 Å². The molecule has 3 rings (SSSR count). The highest BCUT2D eigenvalue weighted by Gasteiger charge is 2.26. The molecular weight excluding hydrogens is 368 g/mol. The molecule has 7 heteroatoms. The van der Waals surface area contributed by atoms with Crippen LogP contribution in [-0.2, 0) is 4.74 Å². The maximum absolute atomic E-state index is 11.1. The minimum atomic E-state index is -0.913. The van der Waals surface area contributed by atoms with Crippen molar-refractivity contribution in [3.63, 3.8) is 0 Å². The number of piperazine rings is 1. The number of nitrogens with one attached hydrogen (secondary N) is 1. The van der Waals surface area contributed by atoms with E-state index in [0.29, 0.717) is 13.2 Å². The molecule has 1 aliphatic carbocycles. The molecule has 160 valence electrons. The summed E-state index contributed by atoms with van der Waals surface area (Å²) < 4.78 is 5.14. The summed E-state index contributed by atoms with van der Waals surface area (Å²) >= 11 is 0. The Bertz CT molecular complexity index is 663. The van der Waals surface area contributed by atoms with Crippen molar-refractivity contribution >= 4 is 17.6 Å². The molecule has 2 fully saturated rings. The fraction of sp³-hybridized carbons (Fsp3) is 0.636. The molecule has 2 N–H and O–H groups in total. The van der Waals surface area contributed by atoms with Crippen LogP contribution in [0.25, 0.3) is 0 Å². The predicted octanol–water partition coefficient (Wildman–Crippen LogP) is 3.14. The summed E-state index contributed by atoms with van der Waals surface area (Å²) in [6, 6.07) is 7.59. The van der Waals surface area contributed by atoms with Crippen LogP contribution >= 0.6 is 0 Å². The molecule has 0 spiro atoms. The largest absolute Gasteiger partial charge is 0.478 e. The molecular formula is C22H34N4O3. The molecule has 1 aliphatic heterocycles. The van der Waals surface area contributed by atoms with E-state index >= 15 is 0 Å². The van der Waals surface area contributed by atoms with E-state index < -0.39 is 5.97 Å². The van der Waals surface area contributed by atoms with E-state index in [9.17, 15) is 4.79 Å². The summed E-state index contributed by atoms with van der Waals surface area (Å²) in [6.07, 6.45) is 7.68. The minimum Gasteiger partial charge on any atom is -0.478 e. The van der Waals surface area contributed by atoms with E-state index in [2.05, 4.69) is 15.1 Å². The SMILES string of the molecule is COCCCN=C(Nc1ccc(C(=O)O)cc1)N1CCN(C2CCCCC2)CC1. The molecule has 1 saturated carbocycles. The smallest absolute Gasteiger partial charge is 0.335 e. The van der Waals surface area contributed by atoms with E-state index in [1.807, 2.05) is 0 Å². The maximum Gasteiger partial charge on any atom is 0.335 e. The second-order valence-corrected chi connectivity index (χ2v) is 7.87. The van der Waals surface area contributed by atoms with Gasteiger partial charge in [-0.1, -0.05) is 19.3 Å². The number of carboxylic acid groups (broad SMARTS) is 1. The van der Waals surface area contributed by atoms with Gasteiger partial charge in [-0.2, -0.15) is 0 Å². The maximum atomic E-state index is 11.1. The van der Waals surface area contributed by atoms with E-state index in [1.165, 1.54) is 32.1 Å². The number of aromatic carboxylic acids is 1. The summed E-state index contributed by atoms with van der Waals surface area (Å²) in [7, 11) is 1.71. The van der Waals surface area contributed by atoms with Gasteiger partial charge in [-0.15, -0.1) is 0 Å². The molecule has 0 unspecified atom stereocenters. The van der Waals surface area contributed by atoms with Crippen LogP contribution in [0.2, 0.25) is 0 Å². The van der Waals surface area contributed by atoms with E-state index in [0.717, 1.165) is 50.3 Å². The number of aliphatic imine (C=N–C) groups is 1. The lowest BCUT2D eigenvalue weighted by atomic mass is 9.94. The molecule has 0 amide bonds. The van der Waals surface area contributed by atoms with Crippen molar-refractivity contribution in [3.8, 4) is 0 Å². The second-order valence-electron chi connectivity index (χ2n) is 7.87. The highest BCUT2D eigenvalue weighted by atomic mass is 16.5. The standard InChI is InChI=1S/C22H34N4O3/c1-29-17-5-12-23-22(24-19-10-8-18(9-11-19)21(27)28)26-15-13-25(14-16-26)20-6-3-2-4-7-20/h8-11,20H,2-7,12-17H2,1H3,(H,23,24)(H,27,28). The van der Waals surface area contributed by atoms with Crippen LogP contribution in [0.3, 0.4) is 0 Å². The number of methoxy groups -OCH3 is 1. The third kappa shape index (κ3) is 6.44. The molecule has 0 radical (unpaired) electrons. The summed E-state index contributed by atoms with van der Waals surface area (Å²) in [4.78, 5) is 20.8. The van der Waals surface area contributed by atoms with E-state index in [4.69, 9.17) is 14.8 Å². The zero-order valence-corrected chi connectivity index (χ0v) is 17.5. The average molecular weight is 403 g/mol. The molecule has 0 atom stereocenters. The lowest BCUT2D eigenvalue weighted by Gasteiger charge is -2.41. The number of rotatable bonds is 7. The summed E-state index contributed by atoms with van der Waals surface area (Å²) in [6.45, 7) is 5.45. The first-order valence-electron chi connectivity index (χ1n) is 10.8. The topological polar surface area (TPSA) is 77.4 Å². The van der Waals surface area contributed by atoms with Crippen LogP contribution in [0.4, 0.5) is 5.69 Å². The van der Waals surface area contributed by atoms with Crippen molar-refractivity contribution in [2.24, 2.45) is 4.99 Å². The molecule has 1 aromatic rings. The van der Waals surface area contributed by atoms with Crippen LogP contribution < -0.4 is 5.32 Å². The van der Waals surface area contributed by atoms with Gasteiger partial charge in [-0.25, -0.2) is 4.79 Å². The Kier molecular flexibility index (Phi) is 8.31. The third-order valence-electron chi connectivity index (χ3n) is 5.86. The monoisotopic (exact) mass is 402 g/mol. The van der Waals surface area contributed by atoms with Crippen molar-refractivity contribution in [2.75, 3.05) is 51.8 Å². The number of carboxylic acids is 1. The van der Waals surface area contributed by atoms with Crippen molar-refractivity contribution in [3.05, 3.63) is 29.8 Å². The summed E-state index contributed by atoms with van der Waals surface area (Å²) in [5.41, 5.74) is 1.14. The zero-order chi connectivity index (χ0) is 20.5. The highest BCUT2D eigenvalue weighted by molar-refractivity contribution is 5.94. The van der Waals surface area contributed by atoms with Crippen LogP contribution in [0.1, 0.15) is 48.9 Å². The van der Waals surface area contributed by atoms with Gasteiger partial charge in [-0.05, 0) is 43.5 Å². The quantitative estimate of drug-likeness (QED) is 0.415. The fourth-order valence-corrected chi connectivity index (χ4v) is 4.18. The van der Waals surface area contributed by atoms with Gasteiger partial charge >= 0.3 is 5.97 Å². The Morgan fingerprint density at radius 3 is 2.45 bits per heavy atom. The van der Waals surface area contributed by atoms with Gasteiger partial charge in [0.25, 0.3) is 0 Å². The Labute approximate surface area is 173 Å². The first-order chi connectivity index (χ1) is 14.2. The van der Waals surface area contributed by atoms with Gasteiger partial charge < -0.3 is 20.1 Å². The number of hydrogen-bond donors (Lipinski definition) is 2. The van der Waals surface area contributed by atoms with Gasteiger partial charge in [0.05, 0.1) is 5.56 Å². The number of guanidine groups is 1. The Morgan fingerprint density at radius 1 is 1.14 bits per heavy atom. The average Bonchev–Trinajstić information content (AvgIpc) is 2.77. The highest BCUT2D eigenvalue weighted by Crippen LogP contribution is 2.23. The summed E-state index contributed by atoms with van der Waals surface area (Å²) in [5.74, 6) is -0.0451. The molecule has 7 nitrogen and oxygen atoms in total. The Balaban J connectivity index is 1.61. The molecule has 29 heavy (non-hydrogen) atoms. The number of ether oxygens (including phenoxy) is 1. The van der Waals surface area contributed by atoms with Gasteiger partial charge in [0, 0.05) is 58.2 Å². The van der Waals surface area contributed by atoms with Crippen molar-refractivity contribution < 1.29 is 14.6 Å².